The zero-order valence-corrected chi connectivity index (χ0v) is 7.01. The Morgan fingerprint density at radius 3 is 3.17 bits per heavy atom. The lowest BCUT2D eigenvalue weighted by Gasteiger charge is -2.23. The van der Waals surface area contributed by atoms with Gasteiger partial charge in [-0.05, 0) is 31.9 Å². The van der Waals surface area contributed by atoms with E-state index in [1.165, 1.54) is 6.07 Å². The Balaban J connectivity index is 2.42. The number of fused-ring (bicyclic) bond motifs is 1. The second-order valence-corrected chi connectivity index (χ2v) is 3.18. The molecule has 1 aliphatic heterocycles. The fraction of sp³-hybridized carbons (Fsp3) is 0.400. The first-order valence-corrected chi connectivity index (χ1v) is 4.21. The zero-order valence-electron chi connectivity index (χ0n) is 7.01. The smallest absolute Gasteiger partial charge is 0.130 e. The highest BCUT2D eigenvalue weighted by molar-refractivity contribution is 5.36. The summed E-state index contributed by atoms with van der Waals surface area (Å²) in [6.45, 7) is 2.01. The maximum absolute atomic E-state index is 13.1. The van der Waals surface area contributed by atoms with Crippen molar-refractivity contribution >= 4 is 0 Å². The zero-order chi connectivity index (χ0) is 8.55. The third kappa shape index (κ3) is 1.17. The van der Waals surface area contributed by atoms with Gasteiger partial charge in [0.15, 0.2) is 0 Å². The highest BCUT2D eigenvalue weighted by Gasteiger charge is 2.18. The van der Waals surface area contributed by atoms with Gasteiger partial charge in [-0.1, -0.05) is 6.07 Å². The molecule has 12 heavy (non-hydrogen) atoms. The third-order valence-corrected chi connectivity index (χ3v) is 2.20. The van der Waals surface area contributed by atoms with Crippen LogP contribution in [0.5, 0.6) is 5.75 Å². The number of halogens is 1. The molecule has 1 unspecified atom stereocenters. The molecule has 0 fully saturated rings. The summed E-state index contributed by atoms with van der Waals surface area (Å²) in [6.07, 6.45) is 1.93. The first kappa shape index (κ1) is 7.59. The van der Waals surface area contributed by atoms with Gasteiger partial charge in [-0.15, -0.1) is 0 Å². The first-order chi connectivity index (χ1) is 5.77. The molecule has 0 amide bonds. The Morgan fingerprint density at radius 2 is 2.33 bits per heavy atom. The minimum Gasteiger partial charge on any atom is -0.490 e. The van der Waals surface area contributed by atoms with Crippen LogP contribution in [-0.4, -0.2) is 6.10 Å². The van der Waals surface area contributed by atoms with Gasteiger partial charge in [0.2, 0.25) is 0 Å². The summed E-state index contributed by atoms with van der Waals surface area (Å²) < 4.78 is 18.6. The van der Waals surface area contributed by atoms with Crippen molar-refractivity contribution in [3.63, 3.8) is 0 Å². The SMILES string of the molecule is CC1CCc2c(F)cccc2O1. The Morgan fingerprint density at radius 1 is 1.50 bits per heavy atom. The topological polar surface area (TPSA) is 9.23 Å². The monoisotopic (exact) mass is 166 g/mol. The lowest BCUT2D eigenvalue weighted by molar-refractivity contribution is 0.190. The first-order valence-electron chi connectivity index (χ1n) is 4.21. The molecular formula is C10H11FO. The minimum atomic E-state index is -0.139. The summed E-state index contributed by atoms with van der Waals surface area (Å²) in [7, 11) is 0. The van der Waals surface area contributed by atoms with Gasteiger partial charge in [0, 0.05) is 5.56 Å². The number of rotatable bonds is 0. The second-order valence-electron chi connectivity index (χ2n) is 3.18. The fourth-order valence-electron chi connectivity index (χ4n) is 1.52. The largest absolute Gasteiger partial charge is 0.490 e. The molecule has 1 aromatic rings. The summed E-state index contributed by atoms with van der Waals surface area (Å²) in [5.74, 6) is 0.577. The molecule has 1 heterocycles. The van der Waals surface area contributed by atoms with Gasteiger partial charge < -0.3 is 4.74 Å². The molecule has 1 atom stereocenters. The predicted octanol–water partition coefficient (Wildman–Crippen LogP) is 2.54. The van der Waals surface area contributed by atoms with E-state index < -0.39 is 0 Å². The number of ether oxygens (including phenoxy) is 1. The van der Waals surface area contributed by atoms with E-state index in [-0.39, 0.29) is 11.9 Å². The van der Waals surface area contributed by atoms with Crippen LogP contribution in [0.25, 0.3) is 0 Å². The third-order valence-electron chi connectivity index (χ3n) is 2.20. The molecule has 1 nitrogen and oxygen atoms in total. The van der Waals surface area contributed by atoms with Crippen molar-refractivity contribution < 1.29 is 9.13 Å². The van der Waals surface area contributed by atoms with Crippen LogP contribution in [0.3, 0.4) is 0 Å². The van der Waals surface area contributed by atoms with Crippen molar-refractivity contribution in [1.29, 1.82) is 0 Å². The molecule has 0 aromatic heterocycles. The van der Waals surface area contributed by atoms with Crippen molar-refractivity contribution in [2.45, 2.75) is 25.9 Å². The van der Waals surface area contributed by atoms with Crippen LogP contribution in [-0.2, 0) is 6.42 Å². The van der Waals surface area contributed by atoms with Gasteiger partial charge in [-0.25, -0.2) is 4.39 Å². The summed E-state index contributed by atoms with van der Waals surface area (Å²) in [5, 5.41) is 0. The van der Waals surface area contributed by atoms with Gasteiger partial charge >= 0.3 is 0 Å². The van der Waals surface area contributed by atoms with Gasteiger partial charge in [0.1, 0.15) is 11.6 Å². The van der Waals surface area contributed by atoms with E-state index >= 15 is 0 Å². The maximum Gasteiger partial charge on any atom is 0.130 e. The second kappa shape index (κ2) is 2.77. The van der Waals surface area contributed by atoms with E-state index in [0.717, 1.165) is 18.4 Å². The number of hydrogen-bond acceptors (Lipinski definition) is 1. The average molecular weight is 166 g/mol. The molecule has 0 N–H and O–H groups in total. The van der Waals surface area contributed by atoms with E-state index in [1.807, 2.05) is 13.0 Å². The molecule has 0 saturated carbocycles. The van der Waals surface area contributed by atoms with Crippen molar-refractivity contribution in [2.24, 2.45) is 0 Å². The van der Waals surface area contributed by atoms with Crippen LogP contribution >= 0.6 is 0 Å². The van der Waals surface area contributed by atoms with Gasteiger partial charge in [-0.2, -0.15) is 0 Å². The standard InChI is InChI=1S/C10H11FO/c1-7-5-6-8-9(11)3-2-4-10(8)12-7/h2-4,7H,5-6H2,1H3. The number of benzene rings is 1. The van der Waals surface area contributed by atoms with Crippen molar-refractivity contribution in [1.82, 2.24) is 0 Å². The van der Waals surface area contributed by atoms with Crippen LogP contribution in [0.2, 0.25) is 0 Å². The molecule has 0 bridgehead atoms. The van der Waals surface area contributed by atoms with Crippen LogP contribution in [0.1, 0.15) is 18.9 Å². The van der Waals surface area contributed by atoms with E-state index in [9.17, 15) is 4.39 Å². The molecule has 0 saturated heterocycles. The minimum absolute atomic E-state index is 0.139. The Hall–Kier alpha value is -1.05. The number of hydrogen-bond donors (Lipinski definition) is 0. The highest BCUT2D eigenvalue weighted by Crippen LogP contribution is 2.28. The van der Waals surface area contributed by atoms with E-state index in [1.54, 1.807) is 6.07 Å². The Kier molecular flexibility index (Phi) is 1.75. The lowest BCUT2D eigenvalue weighted by atomic mass is 10.0. The quantitative estimate of drug-likeness (QED) is 0.575. The molecule has 1 aromatic carbocycles. The normalized spacial score (nSPS) is 21.3. The molecule has 2 heteroatoms. The predicted molar refractivity (Wildman–Crippen MR) is 44.8 cm³/mol. The van der Waals surface area contributed by atoms with Crippen LogP contribution in [0, 0.1) is 5.82 Å². The Bertz CT molecular complexity index is 296. The molecule has 1 aliphatic rings. The molecule has 0 radical (unpaired) electrons. The highest BCUT2D eigenvalue weighted by atomic mass is 19.1. The molecule has 2 rings (SSSR count). The maximum atomic E-state index is 13.1. The van der Waals surface area contributed by atoms with Gasteiger partial charge in [0.05, 0.1) is 6.10 Å². The molecule has 64 valence electrons. The van der Waals surface area contributed by atoms with Crippen molar-refractivity contribution in [2.75, 3.05) is 0 Å². The molecular weight excluding hydrogens is 155 g/mol. The molecule has 0 spiro atoms. The van der Waals surface area contributed by atoms with E-state index in [0.29, 0.717) is 5.75 Å². The van der Waals surface area contributed by atoms with Crippen LogP contribution in [0.4, 0.5) is 4.39 Å². The van der Waals surface area contributed by atoms with Gasteiger partial charge in [0.25, 0.3) is 0 Å². The van der Waals surface area contributed by atoms with Crippen LogP contribution < -0.4 is 4.74 Å². The van der Waals surface area contributed by atoms with E-state index in [2.05, 4.69) is 0 Å². The average Bonchev–Trinajstić information content (AvgIpc) is 2.04. The van der Waals surface area contributed by atoms with E-state index in [4.69, 9.17) is 4.74 Å². The van der Waals surface area contributed by atoms with Crippen LogP contribution in [0.15, 0.2) is 18.2 Å². The summed E-state index contributed by atoms with van der Waals surface area (Å²) >= 11 is 0. The lowest BCUT2D eigenvalue weighted by Crippen LogP contribution is -2.19. The summed E-state index contributed by atoms with van der Waals surface area (Å²) in [5.41, 5.74) is 0.732. The van der Waals surface area contributed by atoms with Crippen molar-refractivity contribution in [3.8, 4) is 5.75 Å². The van der Waals surface area contributed by atoms with Crippen molar-refractivity contribution in [3.05, 3.63) is 29.6 Å². The fourth-order valence-corrected chi connectivity index (χ4v) is 1.52. The summed E-state index contributed by atoms with van der Waals surface area (Å²) in [6, 6.07) is 5.00. The molecule has 0 aliphatic carbocycles. The van der Waals surface area contributed by atoms with Gasteiger partial charge in [-0.3, -0.25) is 0 Å². The Labute approximate surface area is 71.2 Å². The summed E-state index contributed by atoms with van der Waals surface area (Å²) in [4.78, 5) is 0.